The number of carbonyl (C=O) groups excluding carboxylic acids is 1. The zero-order valence-electron chi connectivity index (χ0n) is 14.0. The number of nitrogens with zero attached hydrogens (tertiary/aromatic N) is 3. The normalized spacial score (nSPS) is 18.0. The number of amides is 2. The van der Waals surface area contributed by atoms with E-state index in [-0.39, 0.29) is 12.1 Å². The van der Waals surface area contributed by atoms with Crippen LogP contribution < -0.4 is 10.6 Å². The standard InChI is InChI=1S/C16H23N5O2S/c1-11(12-5-7-24-10-12)8-17-16(22)18-13-4-3-6-21-15(13)19-14(20-21)9-23-2/h5,7,10-11,13H,3-4,6,8-9H2,1-2H3,(H2,17,18,22)/t11-,13-/m1/s1. The molecule has 2 N–H and O–H groups in total. The van der Waals surface area contributed by atoms with Crippen molar-refractivity contribution in [3.63, 3.8) is 0 Å². The molecule has 24 heavy (non-hydrogen) atoms. The van der Waals surface area contributed by atoms with Crippen molar-refractivity contribution in [3.05, 3.63) is 34.0 Å². The average Bonchev–Trinajstić information content (AvgIpc) is 3.22. The molecule has 1 aliphatic heterocycles. The summed E-state index contributed by atoms with van der Waals surface area (Å²) in [6.07, 6.45) is 1.84. The summed E-state index contributed by atoms with van der Waals surface area (Å²) in [5.41, 5.74) is 1.25. The van der Waals surface area contributed by atoms with Gasteiger partial charge in [-0.15, -0.1) is 0 Å². The van der Waals surface area contributed by atoms with Gasteiger partial charge >= 0.3 is 6.03 Å². The molecule has 2 aromatic rings. The fraction of sp³-hybridized carbons (Fsp3) is 0.562. The summed E-state index contributed by atoms with van der Waals surface area (Å²) in [5, 5.41) is 14.6. The van der Waals surface area contributed by atoms with E-state index in [0.717, 1.165) is 25.2 Å². The van der Waals surface area contributed by atoms with Gasteiger partial charge in [-0.3, -0.25) is 0 Å². The van der Waals surface area contributed by atoms with Gasteiger partial charge in [-0.25, -0.2) is 14.5 Å². The maximum atomic E-state index is 12.2. The van der Waals surface area contributed by atoms with E-state index < -0.39 is 0 Å². The number of thiophene rings is 1. The Hall–Kier alpha value is -1.93. The zero-order valence-corrected chi connectivity index (χ0v) is 14.8. The maximum Gasteiger partial charge on any atom is 0.315 e. The molecule has 8 heteroatoms. The van der Waals surface area contributed by atoms with Crippen LogP contribution in [0.4, 0.5) is 4.79 Å². The maximum absolute atomic E-state index is 12.2. The third kappa shape index (κ3) is 3.93. The number of methoxy groups -OCH3 is 1. The van der Waals surface area contributed by atoms with Gasteiger partial charge < -0.3 is 15.4 Å². The number of urea groups is 1. The zero-order chi connectivity index (χ0) is 16.9. The Morgan fingerprint density at radius 3 is 3.21 bits per heavy atom. The number of carbonyl (C=O) groups is 1. The van der Waals surface area contributed by atoms with E-state index in [1.807, 2.05) is 4.68 Å². The van der Waals surface area contributed by atoms with Crippen molar-refractivity contribution in [2.75, 3.05) is 13.7 Å². The number of ether oxygens (including phenoxy) is 1. The minimum absolute atomic E-state index is 0.103. The summed E-state index contributed by atoms with van der Waals surface area (Å²) in [4.78, 5) is 16.7. The van der Waals surface area contributed by atoms with Gasteiger partial charge in [0.05, 0.1) is 6.04 Å². The number of hydrogen-bond acceptors (Lipinski definition) is 5. The summed E-state index contributed by atoms with van der Waals surface area (Å²) in [6.45, 7) is 3.94. The highest BCUT2D eigenvalue weighted by Gasteiger charge is 2.25. The summed E-state index contributed by atoms with van der Waals surface area (Å²) in [6, 6.07) is 1.83. The molecule has 0 bridgehead atoms. The van der Waals surface area contributed by atoms with Crippen LogP contribution in [-0.4, -0.2) is 34.5 Å². The van der Waals surface area contributed by atoms with Crippen LogP contribution in [-0.2, 0) is 17.9 Å². The van der Waals surface area contributed by atoms with E-state index in [1.165, 1.54) is 5.56 Å². The van der Waals surface area contributed by atoms with Crippen LogP contribution in [0, 0.1) is 0 Å². The monoisotopic (exact) mass is 349 g/mol. The fourth-order valence-electron chi connectivity index (χ4n) is 2.85. The Labute approximate surface area is 145 Å². The molecule has 7 nitrogen and oxygen atoms in total. The molecule has 2 aromatic heterocycles. The van der Waals surface area contributed by atoms with Crippen molar-refractivity contribution in [1.82, 2.24) is 25.4 Å². The fourth-order valence-corrected chi connectivity index (χ4v) is 3.64. The Kier molecular flexibility index (Phi) is 5.47. The molecule has 0 unspecified atom stereocenters. The summed E-state index contributed by atoms with van der Waals surface area (Å²) in [7, 11) is 1.62. The van der Waals surface area contributed by atoms with Crippen LogP contribution in [0.25, 0.3) is 0 Å². The molecule has 2 amide bonds. The molecular weight excluding hydrogens is 326 g/mol. The van der Waals surface area contributed by atoms with Crippen molar-refractivity contribution in [3.8, 4) is 0 Å². The van der Waals surface area contributed by atoms with Crippen molar-refractivity contribution < 1.29 is 9.53 Å². The third-order valence-electron chi connectivity index (χ3n) is 4.18. The molecule has 1 aliphatic rings. The van der Waals surface area contributed by atoms with Gasteiger partial charge in [0.2, 0.25) is 0 Å². The van der Waals surface area contributed by atoms with Gasteiger partial charge in [-0.05, 0) is 41.1 Å². The smallest absolute Gasteiger partial charge is 0.315 e. The van der Waals surface area contributed by atoms with E-state index in [1.54, 1.807) is 18.4 Å². The average molecular weight is 349 g/mol. The predicted octanol–water partition coefficient (Wildman–Crippen LogP) is 2.42. The van der Waals surface area contributed by atoms with Gasteiger partial charge in [-0.1, -0.05) is 6.92 Å². The van der Waals surface area contributed by atoms with E-state index in [4.69, 9.17) is 4.74 Å². The van der Waals surface area contributed by atoms with Crippen LogP contribution in [0.15, 0.2) is 16.8 Å². The van der Waals surface area contributed by atoms with E-state index in [0.29, 0.717) is 24.9 Å². The van der Waals surface area contributed by atoms with E-state index in [9.17, 15) is 4.79 Å². The highest BCUT2D eigenvalue weighted by Crippen LogP contribution is 2.23. The lowest BCUT2D eigenvalue weighted by Crippen LogP contribution is -2.41. The summed E-state index contributed by atoms with van der Waals surface area (Å²) in [5.74, 6) is 1.77. The lowest BCUT2D eigenvalue weighted by Gasteiger charge is -2.23. The minimum atomic E-state index is -0.160. The van der Waals surface area contributed by atoms with Crippen LogP contribution >= 0.6 is 11.3 Å². The second-order valence-corrected chi connectivity index (χ2v) is 6.83. The highest BCUT2D eigenvalue weighted by atomic mass is 32.1. The van der Waals surface area contributed by atoms with Gasteiger partial charge in [0.25, 0.3) is 0 Å². The van der Waals surface area contributed by atoms with Crippen molar-refractivity contribution in [2.45, 2.75) is 44.9 Å². The Bertz CT molecular complexity index is 670. The van der Waals surface area contributed by atoms with Gasteiger partial charge in [-0.2, -0.15) is 16.4 Å². The number of aryl methyl sites for hydroxylation is 1. The molecule has 0 aliphatic carbocycles. The van der Waals surface area contributed by atoms with Gasteiger partial charge in [0.1, 0.15) is 12.4 Å². The number of aromatic nitrogens is 3. The van der Waals surface area contributed by atoms with Crippen LogP contribution in [0.3, 0.4) is 0 Å². The molecule has 0 radical (unpaired) electrons. The first kappa shape index (κ1) is 16.9. The minimum Gasteiger partial charge on any atom is -0.377 e. The van der Waals surface area contributed by atoms with Crippen LogP contribution in [0.2, 0.25) is 0 Å². The van der Waals surface area contributed by atoms with Gasteiger partial charge in [0, 0.05) is 20.2 Å². The lowest BCUT2D eigenvalue weighted by atomic mass is 10.1. The quantitative estimate of drug-likeness (QED) is 0.839. The molecule has 2 atom stereocenters. The molecule has 0 aromatic carbocycles. The van der Waals surface area contributed by atoms with E-state index in [2.05, 4.69) is 44.5 Å². The molecule has 3 rings (SSSR count). The summed E-state index contributed by atoms with van der Waals surface area (Å²) < 4.78 is 6.96. The number of fused-ring (bicyclic) bond motifs is 1. The number of rotatable bonds is 6. The SMILES string of the molecule is COCc1nc2n(n1)CCC[C@H]2NC(=O)NC[C@@H](C)c1ccsc1. The first-order valence-corrected chi connectivity index (χ1v) is 9.10. The summed E-state index contributed by atoms with van der Waals surface area (Å²) >= 11 is 1.67. The van der Waals surface area contributed by atoms with Crippen molar-refractivity contribution in [1.29, 1.82) is 0 Å². The molecule has 0 saturated heterocycles. The number of hydrogen-bond donors (Lipinski definition) is 2. The second-order valence-electron chi connectivity index (χ2n) is 6.05. The molecular formula is C16H23N5O2S. The molecule has 0 spiro atoms. The topological polar surface area (TPSA) is 81.1 Å². The van der Waals surface area contributed by atoms with E-state index >= 15 is 0 Å². The Morgan fingerprint density at radius 2 is 2.46 bits per heavy atom. The third-order valence-corrected chi connectivity index (χ3v) is 4.88. The van der Waals surface area contributed by atoms with Gasteiger partial charge in [0.15, 0.2) is 5.82 Å². The number of nitrogens with one attached hydrogen (secondary N) is 2. The van der Waals surface area contributed by atoms with Crippen molar-refractivity contribution >= 4 is 17.4 Å². The second kappa shape index (κ2) is 7.76. The molecule has 0 saturated carbocycles. The molecule has 130 valence electrons. The van der Waals surface area contributed by atoms with Crippen LogP contribution in [0.1, 0.15) is 48.9 Å². The Balaban J connectivity index is 1.55. The highest BCUT2D eigenvalue weighted by molar-refractivity contribution is 7.07. The predicted molar refractivity (Wildman–Crippen MR) is 92.0 cm³/mol. The van der Waals surface area contributed by atoms with Crippen LogP contribution in [0.5, 0.6) is 0 Å². The first-order valence-electron chi connectivity index (χ1n) is 8.16. The largest absolute Gasteiger partial charge is 0.377 e. The first-order chi connectivity index (χ1) is 11.7. The van der Waals surface area contributed by atoms with Crippen molar-refractivity contribution in [2.24, 2.45) is 0 Å². The molecule has 3 heterocycles. The molecule has 0 fully saturated rings. The Morgan fingerprint density at radius 1 is 1.58 bits per heavy atom. The lowest BCUT2D eigenvalue weighted by molar-refractivity contribution is 0.177.